The molecular weight excluding hydrogens is 382 g/mol. The molecule has 8 heteroatoms. The lowest BCUT2D eigenvalue weighted by molar-refractivity contribution is -0.118. The summed E-state index contributed by atoms with van der Waals surface area (Å²) >= 11 is 2.77. The van der Waals surface area contributed by atoms with Crippen molar-refractivity contribution in [3.8, 4) is 0 Å². The molecule has 0 aliphatic heterocycles. The number of fused-ring (bicyclic) bond motifs is 1. The van der Waals surface area contributed by atoms with Crippen molar-refractivity contribution in [2.24, 2.45) is 5.92 Å². The molecule has 144 valence electrons. The van der Waals surface area contributed by atoms with Crippen LogP contribution in [0.4, 0.5) is 0 Å². The molecule has 0 aromatic carbocycles. The largest absolute Gasteiger partial charge is 0.467 e. The summed E-state index contributed by atoms with van der Waals surface area (Å²) < 4.78 is 5.18. The maximum atomic E-state index is 12.6. The lowest BCUT2D eigenvalue weighted by Gasteiger charge is -2.08. The number of furan rings is 1. The average molecular weight is 406 g/mol. The molecule has 0 spiro atoms. The van der Waals surface area contributed by atoms with Gasteiger partial charge >= 0.3 is 0 Å². The van der Waals surface area contributed by atoms with Crippen LogP contribution in [0.2, 0.25) is 0 Å². The van der Waals surface area contributed by atoms with Gasteiger partial charge in [-0.3, -0.25) is 9.59 Å². The molecule has 0 radical (unpaired) electrons. The molecule has 0 bridgehead atoms. The van der Waals surface area contributed by atoms with Gasteiger partial charge in [-0.2, -0.15) is 0 Å². The monoisotopic (exact) mass is 405 g/mol. The first-order valence-electron chi connectivity index (χ1n) is 8.92. The van der Waals surface area contributed by atoms with E-state index in [1.165, 1.54) is 11.8 Å². The van der Waals surface area contributed by atoms with Crippen molar-refractivity contribution >= 4 is 39.2 Å². The van der Waals surface area contributed by atoms with Gasteiger partial charge in [0.15, 0.2) is 5.16 Å². The molecule has 3 rings (SSSR count). The molecule has 6 nitrogen and oxygen atoms in total. The second-order valence-electron chi connectivity index (χ2n) is 6.55. The number of aryl methyl sites for hydroxylation is 1. The summed E-state index contributed by atoms with van der Waals surface area (Å²) in [6.45, 7) is 6.73. The number of H-pyrrole nitrogens is 1. The third-order valence-electron chi connectivity index (χ3n) is 4.47. The van der Waals surface area contributed by atoms with Crippen LogP contribution >= 0.6 is 23.1 Å². The summed E-state index contributed by atoms with van der Waals surface area (Å²) in [6.07, 6.45) is 3.52. The van der Waals surface area contributed by atoms with Crippen molar-refractivity contribution < 1.29 is 9.21 Å². The lowest BCUT2D eigenvalue weighted by Crippen LogP contribution is -2.24. The van der Waals surface area contributed by atoms with Crippen molar-refractivity contribution in [1.82, 2.24) is 15.3 Å². The minimum atomic E-state index is -0.140. The van der Waals surface area contributed by atoms with E-state index in [0.717, 1.165) is 28.1 Å². The number of amides is 1. The highest BCUT2D eigenvalue weighted by Crippen LogP contribution is 2.30. The Hall–Kier alpha value is -2.06. The van der Waals surface area contributed by atoms with Crippen LogP contribution in [-0.2, 0) is 17.8 Å². The Kier molecular flexibility index (Phi) is 6.38. The van der Waals surface area contributed by atoms with Gasteiger partial charge in [-0.25, -0.2) is 4.98 Å². The molecule has 0 saturated carbocycles. The van der Waals surface area contributed by atoms with Crippen LogP contribution in [-0.4, -0.2) is 21.6 Å². The fraction of sp³-hybridized carbons (Fsp3) is 0.421. The van der Waals surface area contributed by atoms with Crippen LogP contribution in [0.15, 0.2) is 32.8 Å². The van der Waals surface area contributed by atoms with Crippen molar-refractivity contribution in [2.75, 3.05) is 5.75 Å². The topological polar surface area (TPSA) is 88.0 Å². The molecule has 0 aliphatic rings. The van der Waals surface area contributed by atoms with E-state index >= 15 is 0 Å². The third kappa shape index (κ3) is 4.81. The number of carbonyl (C=O) groups excluding carboxylic acids is 1. The fourth-order valence-electron chi connectivity index (χ4n) is 2.75. The summed E-state index contributed by atoms with van der Waals surface area (Å²) in [5.74, 6) is 1.26. The highest BCUT2D eigenvalue weighted by Gasteiger charge is 2.17. The van der Waals surface area contributed by atoms with Crippen molar-refractivity contribution in [3.63, 3.8) is 0 Å². The predicted octanol–water partition coefficient (Wildman–Crippen LogP) is 3.88. The Balaban J connectivity index is 1.69. The molecule has 0 aliphatic carbocycles. The summed E-state index contributed by atoms with van der Waals surface area (Å²) in [4.78, 5) is 33.9. The molecule has 3 aromatic heterocycles. The number of rotatable bonds is 8. The van der Waals surface area contributed by atoms with Crippen LogP contribution in [0, 0.1) is 12.8 Å². The van der Waals surface area contributed by atoms with E-state index in [-0.39, 0.29) is 17.2 Å². The normalized spacial score (nSPS) is 12.4. The highest BCUT2D eigenvalue weighted by atomic mass is 32.2. The number of aromatic amines is 1. The zero-order valence-electron chi connectivity index (χ0n) is 15.6. The maximum absolute atomic E-state index is 12.6. The van der Waals surface area contributed by atoms with Crippen molar-refractivity contribution in [3.05, 3.63) is 45.0 Å². The number of hydrogen-bond donors (Lipinski definition) is 2. The maximum Gasteiger partial charge on any atom is 0.260 e. The molecule has 3 aromatic rings. The highest BCUT2D eigenvalue weighted by molar-refractivity contribution is 7.99. The Morgan fingerprint density at radius 1 is 1.48 bits per heavy atom. The predicted molar refractivity (Wildman–Crippen MR) is 109 cm³/mol. The smallest absolute Gasteiger partial charge is 0.260 e. The molecule has 0 unspecified atom stereocenters. The molecular formula is C19H23N3O3S2. The summed E-state index contributed by atoms with van der Waals surface area (Å²) in [5, 5.41) is 3.95. The molecule has 2 N–H and O–H groups in total. The van der Waals surface area contributed by atoms with E-state index in [1.54, 1.807) is 29.7 Å². The Morgan fingerprint density at radius 3 is 3.00 bits per heavy atom. The van der Waals surface area contributed by atoms with Gasteiger partial charge in [0.05, 0.1) is 23.9 Å². The van der Waals surface area contributed by atoms with Gasteiger partial charge in [0.25, 0.3) is 5.56 Å². The van der Waals surface area contributed by atoms with Crippen molar-refractivity contribution in [1.29, 1.82) is 0 Å². The Labute approximate surface area is 165 Å². The number of carbonyl (C=O) groups is 1. The summed E-state index contributed by atoms with van der Waals surface area (Å²) in [6, 6.07) is 3.58. The average Bonchev–Trinajstić information content (AvgIpc) is 3.26. The molecule has 0 fully saturated rings. The van der Waals surface area contributed by atoms with E-state index in [4.69, 9.17) is 4.42 Å². The van der Waals surface area contributed by atoms with E-state index < -0.39 is 0 Å². The van der Waals surface area contributed by atoms with Crippen LogP contribution in [0.25, 0.3) is 10.2 Å². The van der Waals surface area contributed by atoms with Crippen molar-refractivity contribution in [2.45, 2.75) is 45.3 Å². The van der Waals surface area contributed by atoms with Gasteiger partial charge in [-0.1, -0.05) is 32.0 Å². The van der Waals surface area contributed by atoms with Gasteiger partial charge in [0.1, 0.15) is 10.6 Å². The summed E-state index contributed by atoms with van der Waals surface area (Å²) in [5.41, 5.74) is 0.979. The molecule has 3 heterocycles. The first-order valence-corrected chi connectivity index (χ1v) is 10.7. The Morgan fingerprint density at radius 2 is 2.30 bits per heavy atom. The van der Waals surface area contributed by atoms with Gasteiger partial charge in [0, 0.05) is 4.88 Å². The number of hydrogen-bond acceptors (Lipinski definition) is 6. The number of nitrogens with one attached hydrogen (secondary N) is 2. The molecule has 1 amide bonds. The zero-order valence-corrected chi connectivity index (χ0v) is 17.3. The zero-order chi connectivity index (χ0) is 19.4. The molecule has 1 atom stereocenters. The van der Waals surface area contributed by atoms with Crippen LogP contribution in [0.3, 0.4) is 0 Å². The number of thioether (sulfide) groups is 1. The van der Waals surface area contributed by atoms with Crippen LogP contribution in [0.5, 0.6) is 0 Å². The number of nitrogens with zero attached hydrogens (tertiary/aromatic N) is 1. The van der Waals surface area contributed by atoms with E-state index in [9.17, 15) is 9.59 Å². The quantitative estimate of drug-likeness (QED) is 0.439. The number of thiophene rings is 1. The van der Waals surface area contributed by atoms with Gasteiger partial charge in [-0.05, 0) is 37.0 Å². The fourth-order valence-corrected chi connectivity index (χ4v) is 4.55. The van der Waals surface area contributed by atoms with E-state index in [2.05, 4.69) is 29.1 Å². The Bertz CT molecular complexity index is 976. The standard InChI is InChI=1S/C19H23N3O3S2/c1-4-11(2)8-14-12(3)27-18-16(14)17(24)21-19(22-18)26-10-15(23)20-9-13-6-5-7-25-13/h5-7,11H,4,8-10H2,1-3H3,(H,20,23)(H,21,22,24)/t11-/m1/s1. The van der Waals surface area contributed by atoms with E-state index in [1.807, 2.05) is 6.92 Å². The minimum absolute atomic E-state index is 0.124. The first kappa shape index (κ1) is 19.7. The van der Waals surface area contributed by atoms with Gasteiger partial charge in [-0.15, -0.1) is 11.3 Å². The first-order chi connectivity index (χ1) is 13.0. The molecule has 27 heavy (non-hydrogen) atoms. The second kappa shape index (κ2) is 8.75. The SMILES string of the molecule is CC[C@@H](C)Cc1c(C)sc2nc(SCC(=O)NCc3ccco3)[nH]c(=O)c12. The third-order valence-corrected chi connectivity index (χ3v) is 6.39. The van der Waals surface area contributed by atoms with Gasteiger partial charge in [0.2, 0.25) is 5.91 Å². The van der Waals surface area contributed by atoms with E-state index in [0.29, 0.717) is 28.8 Å². The molecule has 0 saturated heterocycles. The second-order valence-corrected chi connectivity index (χ2v) is 8.72. The minimum Gasteiger partial charge on any atom is -0.467 e. The van der Waals surface area contributed by atoms with Crippen LogP contribution in [0.1, 0.15) is 36.5 Å². The van der Waals surface area contributed by atoms with Crippen LogP contribution < -0.4 is 10.9 Å². The summed E-state index contributed by atoms with van der Waals surface area (Å²) in [7, 11) is 0. The number of aromatic nitrogens is 2. The van der Waals surface area contributed by atoms with Gasteiger partial charge < -0.3 is 14.7 Å². The lowest BCUT2D eigenvalue weighted by atomic mass is 9.98.